The SMILES string of the molecule is CCNC(=NCCCc1nnc2ccccn12)NC(C)c1ccc(OCC2CC2)c(F)c1. The molecule has 1 aromatic carbocycles. The molecule has 0 bridgehead atoms. The lowest BCUT2D eigenvalue weighted by Gasteiger charge is -2.19. The molecule has 4 rings (SSSR count). The third kappa shape index (κ3) is 5.75. The number of aliphatic imine (C=N–C) groups is 1. The number of halogens is 1. The first kappa shape index (κ1) is 22.0. The van der Waals surface area contributed by atoms with E-state index in [1.807, 2.05) is 48.7 Å². The van der Waals surface area contributed by atoms with Crippen molar-refractivity contribution in [3.8, 4) is 5.75 Å². The predicted molar refractivity (Wildman–Crippen MR) is 123 cm³/mol. The molecule has 1 unspecified atom stereocenters. The van der Waals surface area contributed by atoms with Crippen LogP contribution in [0.1, 0.15) is 50.5 Å². The lowest BCUT2D eigenvalue weighted by atomic mass is 10.1. The molecule has 1 fully saturated rings. The first-order chi connectivity index (χ1) is 15.6. The van der Waals surface area contributed by atoms with Gasteiger partial charge in [0.2, 0.25) is 0 Å². The number of hydrogen-bond acceptors (Lipinski definition) is 4. The molecule has 2 N–H and O–H groups in total. The van der Waals surface area contributed by atoms with E-state index in [0.717, 1.165) is 36.4 Å². The number of ether oxygens (including phenoxy) is 1. The van der Waals surface area contributed by atoms with E-state index in [1.165, 1.54) is 12.8 Å². The summed E-state index contributed by atoms with van der Waals surface area (Å²) < 4.78 is 22.0. The Kier molecular flexibility index (Phi) is 7.19. The van der Waals surface area contributed by atoms with Crippen LogP contribution < -0.4 is 15.4 Å². The molecule has 7 nitrogen and oxygen atoms in total. The third-order valence-corrected chi connectivity index (χ3v) is 5.54. The third-order valence-electron chi connectivity index (χ3n) is 5.54. The minimum atomic E-state index is -0.320. The molecule has 0 aliphatic heterocycles. The van der Waals surface area contributed by atoms with Crippen LogP contribution in [0, 0.1) is 11.7 Å². The summed E-state index contributed by atoms with van der Waals surface area (Å²) in [4.78, 5) is 4.67. The molecule has 1 saturated carbocycles. The second-order valence-electron chi connectivity index (χ2n) is 8.22. The normalized spacial score (nSPS) is 15.0. The van der Waals surface area contributed by atoms with Crippen molar-refractivity contribution in [3.05, 3.63) is 59.8 Å². The molecule has 170 valence electrons. The van der Waals surface area contributed by atoms with Crippen LogP contribution in [-0.2, 0) is 6.42 Å². The summed E-state index contributed by atoms with van der Waals surface area (Å²) in [6, 6.07) is 10.9. The topological polar surface area (TPSA) is 75.8 Å². The van der Waals surface area contributed by atoms with E-state index >= 15 is 0 Å². The highest BCUT2D eigenvalue weighted by Crippen LogP contribution is 2.30. The van der Waals surface area contributed by atoms with Gasteiger partial charge in [-0.15, -0.1) is 10.2 Å². The summed E-state index contributed by atoms with van der Waals surface area (Å²) >= 11 is 0. The van der Waals surface area contributed by atoms with Gasteiger partial charge >= 0.3 is 0 Å². The molecule has 0 spiro atoms. The van der Waals surface area contributed by atoms with E-state index in [1.54, 1.807) is 12.1 Å². The van der Waals surface area contributed by atoms with Crippen molar-refractivity contribution in [1.29, 1.82) is 0 Å². The Bertz CT molecular complexity index is 1060. The number of benzene rings is 1. The van der Waals surface area contributed by atoms with Crippen LogP contribution in [0.4, 0.5) is 4.39 Å². The van der Waals surface area contributed by atoms with Gasteiger partial charge < -0.3 is 15.4 Å². The fourth-order valence-electron chi connectivity index (χ4n) is 3.49. The van der Waals surface area contributed by atoms with Crippen LogP contribution in [0.25, 0.3) is 5.65 Å². The van der Waals surface area contributed by atoms with Gasteiger partial charge in [-0.3, -0.25) is 9.39 Å². The van der Waals surface area contributed by atoms with E-state index in [4.69, 9.17) is 4.74 Å². The van der Waals surface area contributed by atoms with Gasteiger partial charge in [0.15, 0.2) is 23.2 Å². The van der Waals surface area contributed by atoms with Crippen molar-refractivity contribution >= 4 is 11.6 Å². The van der Waals surface area contributed by atoms with E-state index in [-0.39, 0.29) is 11.9 Å². The van der Waals surface area contributed by atoms with Gasteiger partial charge in [-0.2, -0.15) is 0 Å². The zero-order valence-corrected chi connectivity index (χ0v) is 18.7. The highest BCUT2D eigenvalue weighted by Gasteiger charge is 2.22. The fraction of sp³-hybridized carbons (Fsp3) is 0.458. The predicted octanol–water partition coefficient (Wildman–Crippen LogP) is 3.91. The average molecular weight is 439 g/mol. The molecule has 1 aliphatic rings. The molecule has 0 saturated heterocycles. The standard InChI is InChI=1S/C24H31FN6O/c1-3-26-24(27-13-6-8-23-30-29-22-7-4-5-14-31(22)23)28-17(2)19-11-12-21(20(25)15-19)32-16-18-9-10-18/h4-5,7,11-12,14-15,17-18H,3,6,8-10,13,16H2,1-2H3,(H2,26,27,28). The Morgan fingerprint density at radius 2 is 2.16 bits per heavy atom. The van der Waals surface area contributed by atoms with Crippen LogP contribution in [0.5, 0.6) is 5.75 Å². The van der Waals surface area contributed by atoms with E-state index in [0.29, 0.717) is 30.8 Å². The Hall–Kier alpha value is -3.16. The van der Waals surface area contributed by atoms with E-state index < -0.39 is 0 Å². The van der Waals surface area contributed by atoms with E-state index in [9.17, 15) is 4.39 Å². The summed E-state index contributed by atoms with van der Waals surface area (Å²) in [5, 5.41) is 15.1. The van der Waals surface area contributed by atoms with Crippen LogP contribution in [0.2, 0.25) is 0 Å². The van der Waals surface area contributed by atoms with Crippen LogP contribution in [0.3, 0.4) is 0 Å². The number of guanidine groups is 1. The number of fused-ring (bicyclic) bond motifs is 1. The molecule has 8 heteroatoms. The maximum Gasteiger partial charge on any atom is 0.191 e. The summed E-state index contributed by atoms with van der Waals surface area (Å²) in [7, 11) is 0. The summed E-state index contributed by atoms with van der Waals surface area (Å²) in [6.45, 7) is 6.01. The highest BCUT2D eigenvalue weighted by atomic mass is 19.1. The molecule has 1 atom stereocenters. The van der Waals surface area contributed by atoms with Crippen LogP contribution in [0.15, 0.2) is 47.6 Å². The number of pyridine rings is 1. The monoisotopic (exact) mass is 438 g/mol. The second kappa shape index (κ2) is 10.4. The minimum absolute atomic E-state index is 0.0970. The molecule has 0 amide bonds. The number of aryl methyl sites for hydroxylation is 1. The molecule has 0 radical (unpaired) electrons. The Morgan fingerprint density at radius 1 is 1.28 bits per heavy atom. The van der Waals surface area contributed by atoms with Crippen molar-refractivity contribution in [1.82, 2.24) is 25.2 Å². The van der Waals surface area contributed by atoms with Crippen molar-refractivity contribution in [2.45, 2.75) is 45.6 Å². The minimum Gasteiger partial charge on any atom is -0.490 e. The fourth-order valence-corrected chi connectivity index (χ4v) is 3.49. The van der Waals surface area contributed by atoms with Crippen molar-refractivity contribution in [2.75, 3.05) is 19.7 Å². The number of hydrogen-bond donors (Lipinski definition) is 2. The maximum atomic E-state index is 14.4. The summed E-state index contributed by atoms with van der Waals surface area (Å²) in [5.74, 6) is 2.24. The average Bonchev–Trinajstić information content (AvgIpc) is 3.54. The van der Waals surface area contributed by atoms with Crippen LogP contribution >= 0.6 is 0 Å². The summed E-state index contributed by atoms with van der Waals surface area (Å²) in [5.41, 5.74) is 1.70. The lowest BCUT2D eigenvalue weighted by molar-refractivity contribution is 0.285. The zero-order valence-electron chi connectivity index (χ0n) is 18.7. The molecular weight excluding hydrogens is 407 g/mol. The van der Waals surface area contributed by atoms with Gasteiger partial charge in [0.25, 0.3) is 0 Å². The first-order valence-electron chi connectivity index (χ1n) is 11.4. The first-order valence-corrected chi connectivity index (χ1v) is 11.4. The van der Waals surface area contributed by atoms with Crippen LogP contribution in [-0.4, -0.2) is 40.3 Å². The Labute approximate surface area is 188 Å². The number of nitrogens with one attached hydrogen (secondary N) is 2. The Morgan fingerprint density at radius 3 is 2.94 bits per heavy atom. The maximum absolute atomic E-state index is 14.4. The molecule has 32 heavy (non-hydrogen) atoms. The number of rotatable bonds is 10. The van der Waals surface area contributed by atoms with Gasteiger partial charge in [-0.05, 0) is 68.9 Å². The van der Waals surface area contributed by atoms with Crippen molar-refractivity contribution in [2.24, 2.45) is 10.9 Å². The number of nitrogens with zero attached hydrogens (tertiary/aromatic N) is 4. The highest BCUT2D eigenvalue weighted by molar-refractivity contribution is 5.80. The van der Waals surface area contributed by atoms with Gasteiger partial charge in [-0.1, -0.05) is 12.1 Å². The number of aromatic nitrogens is 3. The molecule has 2 heterocycles. The quantitative estimate of drug-likeness (QED) is 0.285. The van der Waals surface area contributed by atoms with E-state index in [2.05, 4.69) is 25.8 Å². The largest absolute Gasteiger partial charge is 0.490 e. The Balaban J connectivity index is 1.31. The van der Waals surface area contributed by atoms with Gasteiger partial charge in [-0.25, -0.2) is 4.39 Å². The molecule has 3 aromatic rings. The zero-order chi connectivity index (χ0) is 22.3. The van der Waals surface area contributed by atoms with Crippen molar-refractivity contribution < 1.29 is 9.13 Å². The van der Waals surface area contributed by atoms with Gasteiger partial charge in [0, 0.05) is 25.7 Å². The smallest absolute Gasteiger partial charge is 0.191 e. The lowest BCUT2D eigenvalue weighted by Crippen LogP contribution is -2.38. The second-order valence-corrected chi connectivity index (χ2v) is 8.22. The molecule has 1 aliphatic carbocycles. The molecule has 2 aromatic heterocycles. The summed E-state index contributed by atoms with van der Waals surface area (Å²) in [6.07, 6.45) is 5.98. The van der Waals surface area contributed by atoms with Crippen molar-refractivity contribution in [3.63, 3.8) is 0 Å². The van der Waals surface area contributed by atoms with Gasteiger partial charge in [0.1, 0.15) is 5.82 Å². The van der Waals surface area contributed by atoms with Gasteiger partial charge in [0.05, 0.1) is 12.6 Å². The molecular formula is C24H31FN6O.